The van der Waals surface area contributed by atoms with Gasteiger partial charge in [-0.1, -0.05) is 5.16 Å². The SMILES string of the molecule is CC(C(=O)NCCCN(C)C(C)C)C(N)=NO. The Balaban J connectivity index is 3.79. The van der Waals surface area contributed by atoms with Crippen LogP contribution < -0.4 is 11.1 Å². The van der Waals surface area contributed by atoms with Gasteiger partial charge in [-0.25, -0.2) is 0 Å². The second-order valence-corrected chi connectivity index (χ2v) is 4.47. The Morgan fingerprint density at radius 2 is 2.06 bits per heavy atom. The van der Waals surface area contributed by atoms with Gasteiger partial charge < -0.3 is 21.2 Å². The Morgan fingerprint density at radius 3 is 2.53 bits per heavy atom. The Bertz CT molecular complexity index is 266. The lowest BCUT2D eigenvalue weighted by atomic mass is 10.1. The summed E-state index contributed by atoms with van der Waals surface area (Å²) in [5, 5.41) is 14.0. The smallest absolute Gasteiger partial charge is 0.230 e. The minimum absolute atomic E-state index is 0.0678. The Hall–Kier alpha value is -1.30. The van der Waals surface area contributed by atoms with Gasteiger partial charge in [0.2, 0.25) is 5.91 Å². The van der Waals surface area contributed by atoms with E-state index in [1.54, 1.807) is 6.92 Å². The molecule has 0 aromatic rings. The average molecular weight is 244 g/mol. The number of oxime groups is 1. The Labute approximate surface area is 103 Å². The maximum Gasteiger partial charge on any atom is 0.230 e. The van der Waals surface area contributed by atoms with Crippen LogP contribution in [0.15, 0.2) is 5.16 Å². The van der Waals surface area contributed by atoms with Crippen molar-refractivity contribution in [3.63, 3.8) is 0 Å². The van der Waals surface area contributed by atoms with Crippen molar-refractivity contribution in [1.29, 1.82) is 0 Å². The van der Waals surface area contributed by atoms with Gasteiger partial charge in [-0.2, -0.15) is 0 Å². The van der Waals surface area contributed by atoms with E-state index >= 15 is 0 Å². The molecule has 0 saturated heterocycles. The zero-order chi connectivity index (χ0) is 13.4. The van der Waals surface area contributed by atoms with Crippen LogP contribution >= 0.6 is 0 Å². The molecule has 100 valence electrons. The number of hydrogen-bond donors (Lipinski definition) is 3. The highest BCUT2D eigenvalue weighted by Gasteiger charge is 2.16. The van der Waals surface area contributed by atoms with Crippen molar-refractivity contribution in [3.8, 4) is 0 Å². The maximum absolute atomic E-state index is 11.5. The van der Waals surface area contributed by atoms with E-state index in [0.29, 0.717) is 12.6 Å². The number of amides is 1. The number of amidine groups is 1. The van der Waals surface area contributed by atoms with Crippen LogP contribution in [-0.4, -0.2) is 48.0 Å². The van der Waals surface area contributed by atoms with Crippen molar-refractivity contribution < 1.29 is 10.0 Å². The minimum atomic E-state index is -0.595. The van der Waals surface area contributed by atoms with E-state index in [4.69, 9.17) is 10.9 Å². The molecule has 0 fully saturated rings. The lowest BCUT2D eigenvalue weighted by Gasteiger charge is -2.20. The summed E-state index contributed by atoms with van der Waals surface area (Å²) in [5.74, 6) is -0.878. The van der Waals surface area contributed by atoms with E-state index in [0.717, 1.165) is 13.0 Å². The van der Waals surface area contributed by atoms with Gasteiger partial charge in [0.25, 0.3) is 0 Å². The topological polar surface area (TPSA) is 91.0 Å². The number of carbonyl (C=O) groups is 1. The average Bonchev–Trinajstić information content (AvgIpc) is 2.31. The summed E-state index contributed by atoms with van der Waals surface area (Å²) >= 11 is 0. The Morgan fingerprint density at radius 1 is 1.47 bits per heavy atom. The van der Waals surface area contributed by atoms with Crippen LogP contribution in [0.25, 0.3) is 0 Å². The third kappa shape index (κ3) is 6.11. The second kappa shape index (κ2) is 7.89. The normalized spacial score (nSPS) is 14.1. The molecule has 0 aromatic carbocycles. The number of carbonyl (C=O) groups excluding carboxylic acids is 1. The van der Waals surface area contributed by atoms with Crippen LogP contribution in [0.2, 0.25) is 0 Å². The quantitative estimate of drug-likeness (QED) is 0.196. The number of nitrogens with two attached hydrogens (primary N) is 1. The summed E-state index contributed by atoms with van der Waals surface area (Å²) < 4.78 is 0. The van der Waals surface area contributed by atoms with Gasteiger partial charge in [0.1, 0.15) is 0 Å². The molecule has 0 rings (SSSR count). The monoisotopic (exact) mass is 244 g/mol. The molecule has 0 aliphatic heterocycles. The third-order valence-electron chi connectivity index (χ3n) is 2.82. The van der Waals surface area contributed by atoms with Gasteiger partial charge in [-0.3, -0.25) is 4.79 Å². The van der Waals surface area contributed by atoms with Gasteiger partial charge in [0.05, 0.1) is 5.92 Å². The van der Waals surface area contributed by atoms with Crippen LogP contribution in [0.5, 0.6) is 0 Å². The van der Waals surface area contributed by atoms with Crippen molar-refractivity contribution in [2.75, 3.05) is 20.1 Å². The third-order valence-corrected chi connectivity index (χ3v) is 2.82. The van der Waals surface area contributed by atoms with Crippen molar-refractivity contribution in [2.24, 2.45) is 16.8 Å². The molecule has 1 amide bonds. The fraction of sp³-hybridized carbons (Fsp3) is 0.818. The van der Waals surface area contributed by atoms with Crippen molar-refractivity contribution in [1.82, 2.24) is 10.2 Å². The first-order valence-corrected chi connectivity index (χ1v) is 5.85. The Kier molecular flexibility index (Phi) is 7.29. The molecule has 6 heteroatoms. The molecule has 0 aromatic heterocycles. The number of hydrogen-bond acceptors (Lipinski definition) is 4. The molecule has 0 spiro atoms. The van der Waals surface area contributed by atoms with E-state index in [9.17, 15) is 4.79 Å². The molecule has 17 heavy (non-hydrogen) atoms. The second-order valence-electron chi connectivity index (χ2n) is 4.47. The van der Waals surface area contributed by atoms with Crippen LogP contribution in [0.4, 0.5) is 0 Å². The summed E-state index contributed by atoms with van der Waals surface area (Å²) in [5.41, 5.74) is 5.34. The standard InChI is InChI=1S/C11H24N4O2/c1-8(2)15(4)7-5-6-13-11(16)9(3)10(12)14-17/h8-9,17H,5-7H2,1-4H3,(H2,12,14)(H,13,16). The van der Waals surface area contributed by atoms with Crippen molar-refractivity contribution in [2.45, 2.75) is 33.2 Å². The van der Waals surface area contributed by atoms with Gasteiger partial charge in [-0.05, 0) is 40.8 Å². The number of rotatable bonds is 7. The summed E-state index contributed by atoms with van der Waals surface area (Å²) in [6.07, 6.45) is 0.878. The van der Waals surface area contributed by atoms with E-state index in [1.807, 2.05) is 7.05 Å². The predicted octanol–water partition coefficient (Wildman–Crippen LogP) is 0.215. The first-order chi connectivity index (χ1) is 7.90. The highest BCUT2D eigenvalue weighted by molar-refractivity contribution is 6.01. The van der Waals surface area contributed by atoms with Crippen LogP contribution in [0, 0.1) is 5.92 Å². The first kappa shape index (κ1) is 15.7. The van der Waals surface area contributed by atoms with Crippen molar-refractivity contribution in [3.05, 3.63) is 0 Å². The molecule has 0 saturated carbocycles. The van der Waals surface area contributed by atoms with Gasteiger partial charge in [0, 0.05) is 12.6 Å². The molecule has 0 bridgehead atoms. The molecule has 1 atom stereocenters. The highest BCUT2D eigenvalue weighted by atomic mass is 16.4. The molecule has 0 heterocycles. The summed E-state index contributed by atoms with van der Waals surface area (Å²) in [4.78, 5) is 13.7. The first-order valence-electron chi connectivity index (χ1n) is 5.85. The summed E-state index contributed by atoms with van der Waals surface area (Å²) in [7, 11) is 2.05. The minimum Gasteiger partial charge on any atom is -0.409 e. The lowest BCUT2D eigenvalue weighted by molar-refractivity contribution is -0.122. The van der Waals surface area contributed by atoms with E-state index < -0.39 is 5.92 Å². The van der Waals surface area contributed by atoms with Gasteiger partial charge >= 0.3 is 0 Å². The fourth-order valence-corrected chi connectivity index (χ4v) is 1.17. The maximum atomic E-state index is 11.5. The van der Waals surface area contributed by atoms with Crippen LogP contribution in [0.1, 0.15) is 27.2 Å². The summed E-state index contributed by atoms with van der Waals surface area (Å²) in [6.45, 7) is 7.37. The molecule has 4 N–H and O–H groups in total. The molecular formula is C11H24N4O2. The lowest BCUT2D eigenvalue weighted by Crippen LogP contribution is -2.38. The molecule has 0 radical (unpaired) electrons. The molecule has 0 aliphatic rings. The zero-order valence-corrected chi connectivity index (χ0v) is 11.1. The summed E-state index contributed by atoms with van der Waals surface area (Å²) in [6, 6.07) is 0.502. The number of nitrogens with one attached hydrogen (secondary N) is 1. The van der Waals surface area contributed by atoms with Gasteiger partial charge in [0.15, 0.2) is 5.84 Å². The highest BCUT2D eigenvalue weighted by Crippen LogP contribution is 1.96. The number of nitrogens with zero attached hydrogens (tertiary/aromatic N) is 2. The largest absolute Gasteiger partial charge is 0.409 e. The fourth-order valence-electron chi connectivity index (χ4n) is 1.17. The molecule has 0 aliphatic carbocycles. The van der Waals surface area contributed by atoms with E-state index in [-0.39, 0.29) is 11.7 Å². The molecular weight excluding hydrogens is 220 g/mol. The molecule has 1 unspecified atom stereocenters. The van der Waals surface area contributed by atoms with Crippen LogP contribution in [-0.2, 0) is 4.79 Å². The van der Waals surface area contributed by atoms with Crippen LogP contribution in [0.3, 0.4) is 0 Å². The molecule has 6 nitrogen and oxygen atoms in total. The van der Waals surface area contributed by atoms with Gasteiger partial charge in [-0.15, -0.1) is 0 Å². The van der Waals surface area contributed by atoms with Crippen molar-refractivity contribution >= 4 is 11.7 Å². The van der Waals surface area contributed by atoms with E-state index in [1.165, 1.54) is 0 Å². The van der Waals surface area contributed by atoms with E-state index in [2.05, 4.69) is 29.2 Å². The zero-order valence-electron chi connectivity index (χ0n) is 11.1. The predicted molar refractivity (Wildman–Crippen MR) is 68.0 cm³/mol.